The van der Waals surface area contributed by atoms with E-state index in [4.69, 9.17) is 16.3 Å². The first kappa shape index (κ1) is 21.7. The Hall–Kier alpha value is -1.57. The molecule has 0 saturated carbocycles. The molecule has 8 heteroatoms. The van der Waals surface area contributed by atoms with Gasteiger partial charge in [0.1, 0.15) is 11.8 Å². The Bertz CT molecular complexity index is 815. The third kappa shape index (κ3) is 6.23. The van der Waals surface area contributed by atoms with E-state index in [9.17, 15) is 9.59 Å². The number of nitrogens with one attached hydrogen (secondary N) is 1. The minimum absolute atomic E-state index is 0.223. The molecule has 0 radical (unpaired) electrons. The Labute approximate surface area is 180 Å². The van der Waals surface area contributed by atoms with E-state index in [1.165, 1.54) is 4.90 Å². The van der Waals surface area contributed by atoms with Crippen LogP contribution in [0.3, 0.4) is 0 Å². The SMILES string of the molecule is CNC(=O)C(C)N(Cc1ccc(Br)cc1)C(=O)COc1ccc(Br)cc1Cl. The number of carbonyl (C=O) groups excluding carboxylic acids is 2. The van der Waals surface area contributed by atoms with Gasteiger partial charge in [-0.1, -0.05) is 55.6 Å². The first-order valence-corrected chi connectivity index (χ1v) is 10.1. The van der Waals surface area contributed by atoms with Crippen molar-refractivity contribution in [2.75, 3.05) is 13.7 Å². The molecule has 0 heterocycles. The zero-order chi connectivity index (χ0) is 20.0. The van der Waals surface area contributed by atoms with E-state index >= 15 is 0 Å². The van der Waals surface area contributed by atoms with Gasteiger partial charge in [-0.2, -0.15) is 0 Å². The van der Waals surface area contributed by atoms with Crippen molar-refractivity contribution >= 4 is 55.3 Å². The minimum Gasteiger partial charge on any atom is -0.482 e. The molecule has 0 spiro atoms. The van der Waals surface area contributed by atoms with Gasteiger partial charge in [-0.25, -0.2) is 0 Å². The highest BCUT2D eigenvalue weighted by atomic mass is 79.9. The fraction of sp³-hybridized carbons (Fsp3) is 0.263. The molecule has 0 saturated heterocycles. The summed E-state index contributed by atoms with van der Waals surface area (Å²) in [5.74, 6) is -0.153. The standard InChI is InChI=1S/C19H19Br2ClN2O3/c1-12(19(26)23-2)24(10-13-3-5-14(20)6-4-13)18(25)11-27-17-8-7-15(21)9-16(17)22/h3-9,12H,10-11H2,1-2H3,(H,23,26). The molecule has 0 bridgehead atoms. The molecule has 1 atom stereocenters. The molecule has 0 aliphatic rings. The highest BCUT2D eigenvalue weighted by Gasteiger charge is 2.26. The largest absolute Gasteiger partial charge is 0.482 e. The van der Waals surface area contributed by atoms with Gasteiger partial charge in [-0.15, -0.1) is 0 Å². The molecule has 0 fully saturated rings. The van der Waals surface area contributed by atoms with Crippen LogP contribution in [0.1, 0.15) is 12.5 Å². The van der Waals surface area contributed by atoms with Gasteiger partial charge >= 0.3 is 0 Å². The van der Waals surface area contributed by atoms with Gasteiger partial charge in [0.2, 0.25) is 5.91 Å². The predicted molar refractivity (Wildman–Crippen MR) is 113 cm³/mol. The van der Waals surface area contributed by atoms with Crippen molar-refractivity contribution in [1.82, 2.24) is 10.2 Å². The van der Waals surface area contributed by atoms with Crippen molar-refractivity contribution in [3.63, 3.8) is 0 Å². The number of benzene rings is 2. The Kier molecular flexibility index (Phi) is 8.13. The van der Waals surface area contributed by atoms with Gasteiger partial charge in [0, 0.05) is 22.5 Å². The molecule has 1 unspecified atom stereocenters. The average molecular weight is 519 g/mol. The molecule has 0 aliphatic carbocycles. The van der Waals surface area contributed by atoms with E-state index in [-0.39, 0.29) is 25.0 Å². The Morgan fingerprint density at radius 1 is 1.15 bits per heavy atom. The number of hydrogen-bond donors (Lipinski definition) is 1. The lowest BCUT2D eigenvalue weighted by Gasteiger charge is -2.28. The maximum Gasteiger partial charge on any atom is 0.261 e. The van der Waals surface area contributed by atoms with Crippen LogP contribution in [-0.4, -0.2) is 36.4 Å². The highest BCUT2D eigenvalue weighted by Crippen LogP contribution is 2.27. The molecule has 2 aromatic carbocycles. The molecular formula is C19H19Br2ClN2O3. The summed E-state index contributed by atoms with van der Waals surface area (Å²) in [7, 11) is 1.54. The lowest BCUT2D eigenvalue weighted by molar-refractivity contribution is -0.142. The second kappa shape index (κ2) is 10.1. The molecule has 144 valence electrons. The van der Waals surface area contributed by atoms with Gasteiger partial charge in [0.25, 0.3) is 5.91 Å². The van der Waals surface area contributed by atoms with Crippen LogP contribution in [0.25, 0.3) is 0 Å². The van der Waals surface area contributed by atoms with Crippen molar-refractivity contribution < 1.29 is 14.3 Å². The zero-order valence-electron chi connectivity index (χ0n) is 14.8. The fourth-order valence-electron chi connectivity index (χ4n) is 2.39. The molecule has 5 nitrogen and oxygen atoms in total. The predicted octanol–water partition coefficient (Wildman–Crippen LogP) is 4.41. The molecular weight excluding hydrogens is 499 g/mol. The van der Waals surface area contributed by atoms with Crippen LogP contribution in [0.4, 0.5) is 0 Å². The summed E-state index contributed by atoms with van der Waals surface area (Å²) < 4.78 is 7.33. The summed E-state index contributed by atoms with van der Waals surface area (Å²) in [6.45, 7) is 1.75. The van der Waals surface area contributed by atoms with E-state index in [1.807, 2.05) is 24.3 Å². The smallest absolute Gasteiger partial charge is 0.261 e. The second-order valence-electron chi connectivity index (χ2n) is 5.80. The number of halogens is 3. The monoisotopic (exact) mass is 516 g/mol. The van der Waals surface area contributed by atoms with Crippen molar-refractivity contribution in [3.05, 3.63) is 62.0 Å². The number of amides is 2. The molecule has 0 aliphatic heterocycles. The van der Waals surface area contributed by atoms with Crippen molar-refractivity contribution in [3.8, 4) is 5.75 Å². The molecule has 27 heavy (non-hydrogen) atoms. The second-order valence-corrected chi connectivity index (χ2v) is 8.04. The summed E-state index contributed by atoms with van der Waals surface area (Å²) in [6, 6.07) is 12.1. The topological polar surface area (TPSA) is 58.6 Å². The van der Waals surface area contributed by atoms with Crippen molar-refractivity contribution in [1.29, 1.82) is 0 Å². The number of carbonyl (C=O) groups is 2. The van der Waals surface area contributed by atoms with Crippen LogP contribution >= 0.6 is 43.5 Å². The first-order chi connectivity index (χ1) is 12.8. The van der Waals surface area contributed by atoms with Crippen LogP contribution < -0.4 is 10.1 Å². The summed E-state index contributed by atoms with van der Waals surface area (Å²) in [5.41, 5.74) is 0.906. The van der Waals surface area contributed by atoms with Crippen LogP contribution in [-0.2, 0) is 16.1 Å². The molecule has 1 N–H and O–H groups in total. The molecule has 0 aromatic heterocycles. The number of nitrogens with zero attached hydrogens (tertiary/aromatic N) is 1. The van der Waals surface area contributed by atoms with Crippen LogP contribution in [0, 0.1) is 0 Å². The molecule has 2 aromatic rings. The third-order valence-corrected chi connectivity index (χ3v) is 5.24. The quantitative estimate of drug-likeness (QED) is 0.591. The average Bonchev–Trinajstić information content (AvgIpc) is 2.65. The van der Waals surface area contributed by atoms with E-state index in [0.29, 0.717) is 10.8 Å². The van der Waals surface area contributed by atoms with E-state index in [1.54, 1.807) is 32.2 Å². The molecule has 2 rings (SSSR count). The van der Waals surface area contributed by atoms with Crippen molar-refractivity contribution in [2.24, 2.45) is 0 Å². The third-order valence-electron chi connectivity index (χ3n) is 3.92. The van der Waals surface area contributed by atoms with E-state index in [0.717, 1.165) is 14.5 Å². The van der Waals surface area contributed by atoms with Crippen LogP contribution in [0.2, 0.25) is 5.02 Å². The number of ether oxygens (including phenoxy) is 1. The zero-order valence-corrected chi connectivity index (χ0v) is 18.8. The maximum absolute atomic E-state index is 12.8. The summed E-state index contributed by atoms with van der Waals surface area (Å²) >= 11 is 12.8. The summed E-state index contributed by atoms with van der Waals surface area (Å²) in [6.07, 6.45) is 0. The maximum atomic E-state index is 12.8. The summed E-state index contributed by atoms with van der Waals surface area (Å²) in [5, 5.41) is 2.98. The van der Waals surface area contributed by atoms with Crippen LogP contribution in [0.5, 0.6) is 5.75 Å². The van der Waals surface area contributed by atoms with Crippen LogP contribution in [0.15, 0.2) is 51.4 Å². The lowest BCUT2D eigenvalue weighted by atomic mass is 10.1. The Morgan fingerprint density at radius 2 is 1.78 bits per heavy atom. The molecule has 2 amide bonds. The van der Waals surface area contributed by atoms with E-state index < -0.39 is 6.04 Å². The highest BCUT2D eigenvalue weighted by molar-refractivity contribution is 9.10. The van der Waals surface area contributed by atoms with Gasteiger partial charge in [0.05, 0.1) is 5.02 Å². The lowest BCUT2D eigenvalue weighted by Crippen LogP contribution is -2.48. The van der Waals surface area contributed by atoms with E-state index in [2.05, 4.69) is 37.2 Å². The Morgan fingerprint density at radius 3 is 2.37 bits per heavy atom. The van der Waals surface area contributed by atoms with Gasteiger partial charge in [-0.05, 0) is 42.8 Å². The number of rotatable bonds is 7. The normalized spacial score (nSPS) is 11.6. The Balaban J connectivity index is 2.14. The minimum atomic E-state index is -0.643. The van der Waals surface area contributed by atoms with Crippen molar-refractivity contribution in [2.45, 2.75) is 19.5 Å². The summed E-state index contributed by atoms with van der Waals surface area (Å²) in [4.78, 5) is 26.4. The number of likely N-dealkylation sites (N-methyl/N-ethyl adjacent to an activating group) is 1. The first-order valence-electron chi connectivity index (χ1n) is 8.15. The number of hydrogen-bond acceptors (Lipinski definition) is 3. The van der Waals surface area contributed by atoms with Gasteiger partial charge < -0.3 is 15.0 Å². The fourth-order valence-corrected chi connectivity index (χ4v) is 3.39. The van der Waals surface area contributed by atoms with Gasteiger partial charge in [0.15, 0.2) is 6.61 Å². The van der Waals surface area contributed by atoms with Gasteiger partial charge in [-0.3, -0.25) is 9.59 Å².